The highest BCUT2D eigenvalue weighted by Crippen LogP contribution is 2.43. The quantitative estimate of drug-likeness (QED) is 0.149. The van der Waals surface area contributed by atoms with Crippen LogP contribution in [0, 0.1) is 0 Å². The monoisotopic (exact) mass is 616 g/mol. The average molecular weight is 617 g/mol. The molecule has 43 heavy (non-hydrogen) atoms. The van der Waals surface area contributed by atoms with E-state index in [2.05, 4.69) is 22.8 Å². The number of carbonyl (C=O) groups excluding carboxylic acids is 3. The van der Waals surface area contributed by atoms with Crippen molar-refractivity contribution in [3.05, 3.63) is 99.9 Å². The van der Waals surface area contributed by atoms with E-state index < -0.39 is 5.97 Å². The van der Waals surface area contributed by atoms with Crippen LogP contribution in [0.15, 0.2) is 77.7 Å². The molecule has 5 rings (SSSR count). The highest BCUT2D eigenvalue weighted by atomic mass is 32.2. The van der Waals surface area contributed by atoms with Gasteiger partial charge >= 0.3 is 5.97 Å². The average Bonchev–Trinajstić information content (AvgIpc) is 3.40. The molecule has 0 saturated carbocycles. The van der Waals surface area contributed by atoms with Crippen molar-refractivity contribution in [2.24, 2.45) is 0 Å². The maximum atomic E-state index is 13.1. The molecule has 0 fully saturated rings. The Morgan fingerprint density at radius 2 is 1.60 bits per heavy atom. The molecule has 0 saturated heterocycles. The molecule has 1 heterocycles. The van der Waals surface area contributed by atoms with Crippen molar-refractivity contribution >= 4 is 51.6 Å². The third-order valence-electron chi connectivity index (χ3n) is 7.30. The number of methoxy groups -OCH3 is 3. The van der Waals surface area contributed by atoms with Crippen LogP contribution in [-0.2, 0) is 22.4 Å². The Morgan fingerprint density at radius 3 is 2.30 bits per heavy atom. The Hall–Kier alpha value is -4.28. The number of ether oxygens (including phenoxy) is 3. The third kappa shape index (κ3) is 6.87. The highest BCUT2D eigenvalue weighted by Gasteiger charge is 2.30. The SMILES string of the molecule is COC(=O)c1c(NC(=O)CSc2cccc(NC(=O)c3c(OC)cccc3OC)c2)sc2c1CCC(c1ccccc1)C2. The van der Waals surface area contributed by atoms with E-state index in [1.165, 1.54) is 50.0 Å². The predicted octanol–water partition coefficient (Wildman–Crippen LogP) is 6.81. The molecule has 0 radical (unpaired) electrons. The normalized spacial score (nSPS) is 13.9. The number of thiophene rings is 1. The maximum Gasteiger partial charge on any atom is 0.341 e. The summed E-state index contributed by atoms with van der Waals surface area (Å²) in [6.07, 6.45) is 2.50. The van der Waals surface area contributed by atoms with Crippen molar-refractivity contribution in [2.45, 2.75) is 30.1 Å². The van der Waals surface area contributed by atoms with E-state index in [0.29, 0.717) is 39.2 Å². The second-order valence-corrected chi connectivity index (χ2v) is 12.1. The highest BCUT2D eigenvalue weighted by molar-refractivity contribution is 8.00. The number of benzene rings is 3. The molecule has 2 amide bonds. The number of amides is 2. The van der Waals surface area contributed by atoms with Crippen LogP contribution in [0.3, 0.4) is 0 Å². The summed E-state index contributed by atoms with van der Waals surface area (Å²) in [6, 6.07) is 22.8. The van der Waals surface area contributed by atoms with Gasteiger partial charge in [-0.3, -0.25) is 9.59 Å². The fourth-order valence-electron chi connectivity index (χ4n) is 5.25. The molecule has 222 valence electrons. The lowest BCUT2D eigenvalue weighted by Gasteiger charge is -2.22. The van der Waals surface area contributed by atoms with Gasteiger partial charge in [0.05, 0.1) is 32.6 Å². The van der Waals surface area contributed by atoms with Gasteiger partial charge in [0, 0.05) is 15.5 Å². The molecule has 1 unspecified atom stereocenters. The first-order valence-corrected chi connectivity index (χ1v) is 15.5. The number of rotatable bonds is 10. The number of nitrogens with one attached hydrogen (secondary N) is 2. The summed E-state index contributed by atoms with van der Waals surface area (Å²) >= 11 is 2.79. The van der Waals surface area contributed by atoms with Crippen LogP contribution in [0.25, 0.3) is 0 Å². The molecule has 8 nitrogen and oxygen atoms in total. The Bertz CT molecular complexity index is 1610. The number of carbonyl (C=O) groups is 3. The van der Waals surface area contributed by atoms with Crippen molar-refractivity contribution < 1.29 is 28.6 Å². The van der Waals surface area contributed by atoms with Gasteiger partial charge in [0.15, 0.2) is 0 Å². The van der Waals surface area contributed by atoms with Gasteiger partial charge in [-0.2, -0.15) is 0 Å². The van der Waals surface area contributed by atoms with Crippen molar-refractivity contribution in [2.75, 3.05) is 37.7 Å². The van der Waals surface area contributed by atoms with Crippen LogP contribution in [0.4, 0.5) is 10.7 Å². The summed E-state index contributed by atoms with van der Waals surface area (Å²) in [5, 5.41) is 6.37. The summed E-state index contributed by atoms with van der Waals surface area (Å²) in [4.78, 5) is 40.8. The molecule has 4 aromatic rings. The predicted molar refractivity (Wildman–Crippen MR) is 170 cm³/mol. The molecular weight excluding hydrogens is 585 g/mol. The van der Waals surface area contributed by atoms with Crippen molar-refractivity contribution in [3.8, 4) is 11.5 Å². The molecule has 3 aromatic carbocycles. The number of hydrogen-bond acceptors (Lipinski definition) is 8. The van der Waals surface area contributed by atoms with E-state index in [1.54, 1.807) is 36.4 Å². The first-order chi connectivity index (χ1) is 20.9. The van der Waals surface area contributed by atoms with E-state index in [4.69, 9.17) is 14.2 Å². The van der Waals surface area contributed by atoms with Crippen molar-refractivity contribution in [1.82, 2.24) is 0 Å². The van der Waals surface area contributed by atoms with Crippen LogP contribution < -0.4 is 20.1 Å². The number of anilines is 2. The molecule has 0 spiro atoms. The lowest BCUT2D eigenvalue weighted by Crippen LogP contribution is -2.17. The van der Waals surface area contributed by atoms with Crippen LogP contribution in [-0.4, -0.2) is 44.9 Å². The Morgan fingerprint density at radius 1 is 0.884 bits per heavy atom. The van der Waals surface area contributed by atoms with Crippen LogP contribution >= 0.6 is 23.1 Å². The second kappa shape index (κ2) is 13.8. The van der Waals surface area contributed by atoms with E-state index in [9.17, 15) is 14.4 Å². The zero-order valence-corrected chi connectivity index (χ0v) is 25.7. The van der Waals surface area contributed by atoms with Gasteiger partial charge in [-0.25, -0.2) is 4.79 Å². The third-order valence-corrected chi connectivity index (χ3v) is 9.46. The number of hydrogen-bond donors (Lipinski definition) is 2. The Balaban J connectivity index is 1.25. The number of thioether (sulfide) groups is 1. The Labute approximate surface area is 258 Å². The maximum absolute atomic E-state index is 13.1. The zero-order chi connectivity index (χ0) is 30.3. The van der Waals surface area contributed by atoms with E-state index in [-0.39, 0.29) is 17.6 Å². The summed E-state index contributed by atoms with van der Waals surface area (Å²) in [7, 11) is 4.35. The minimum atomic E-state index is -0.436. The minimum absolute atomic E-state index is 0.119. The summed E-state index contributed by atoms with van der Waals surface area (Å²) in [5.41, 5.74) is 3.57. The van der Waals surface area contributed by atoms with Crippen LogP contribution in [0.1, 0.15) is 49.1 Å². The molecule has 0 bridgehead atoms. The molecule has 1 atom stereocenters. The van der Waals surface area contributed by atoms with Crippen LogP contribution in [0.2, 0.25) is 0 Å². The van der Waals surface area contributed by atoms with Gasteiger partial charge in [-0.05, 0) is 66.6 Å². The van der Waals surface area contributed by atoms with Gasteiger partial charge in [0.1, 0.15) is 22.1 Å². The molecule has 2 N–H and O–H groups in total. The fourth-order valence-corrected chi connectivity index (χ4v) is 7.33. The standard InChI is InChI=1S/C33H32N2O6S2/c1-39-25-13-8-14-26(40-2)30(25)31(37)34-22-11-7-12-23(18-22)42-19-28(36)35-32-29(33(38)41-3)24-16-15-21(17-27(24)43-32)20-9-5-4-6-10-20/h4-14,18,21H,15-17,19H2,1-3H3,(H,34,37)(H,35,36). The Kier molecular flexibility index (Phi) is 9.68. The van der Waals surface area contributed by atoms with Crippen molar-refractivity contribution in [3.63, 3.8) is 0 Å². The van der Waals surface area contributed by atoms with Crippen LogP contribution in [0.5, 0.6) is 11.5 Å². The largest absolute Gasteiger partial charge is 0.496 e. The summed E-state index contributed by atoms with van der Waals surface area (Å²) < 4.78 is 15.8. The molecule has 10 heteroatoms. The zero-order valence-electron chi connectivity index (χ0n) is 24.1. The fraction of sp³-hybridized carbons (Fsp3) is 0.242. The molecule has 1 aliphatic carbocycles. The first kappa shape index (κ1) is 30.2. The minimum Gasteiger partial charge on any atom is -0.496 e. The topological polar surface area (TPSA) is 103 Å². The smallest absolute Gasteiger partial charge is 0.341 e. The molecule has 1 aromatic heterocycles. The van der Waals surface area contributed by atoms with E-state index in [0.717, 1.165) is 34.6 Å². The van der Waals surface area contributed by atoms with Gasteiger partial charge in [0.25, 0.3) is 5.91 Å². The van der Waals surface area contributed by atoms with E-state index in [1.807, 2.05) is 24.3 Å². The molecular formula is C33H32N2O6S2. The molecule has 1 aliphatic rings. The van der Waals surface area contributed by atoms with Crippen molar-refractivity contribution in [1.29, 1.82) is 0 Å². The number of esters is 1. The van der Waals surface area contributed by atoms with Gasteiger partial charge in [-0.15, -0.1) is 23.1 Å². The van der Waals surface area contributed by atoms with Gasteiger partial charge in [-0.1, -0.05) is 42.5 Å². The number of fused-ring (bicyclic) bond motifs is 1. The lowest BCUT2D eigenvalue weighted by molar-refractivity contribution is -0.113. The lowest BCUT2D eigenvalue weighted by atomic mass is 9.83. The first-order valence-electron chi connectivity index (χ1n) is 13.7. The summed E-state index contributed by atoms with van der Waals surface area (Å²) in [5.74, 6) is 0.241. The van der Waals surface area contributed by atoms with Gasteiger partial charge in [0.2, 0.25) is 5.91 Å². The second-order valence-electron chi connectivity index (χ2n) is 9.91. The van der Waals surface area contributed by atoms with E-state index >= 15 is 0 Å². The molecule has 0 aliphatic heterocycles. The summed E-state index contributed by atoms with van der Waals surface area (Å²) in [6.45, 7) is 0. The van der Waals surface area contributed by atoms with Gasteiger partial charge < -0.3 is 24.8 Å².